The Morgan fingerprint density at radius 1 is 0.880 bits per heavy atom. The molecule has 0 radical (unpaired) electrons. The van der Waals surface area contributed by atoms with Crippen LogP contribution >= 0.6 is 0 Å². The Hall–Kier alpha value is -3.20. The van der Waals surface area contributed by atoms with E-state index in [9.17, 15) is 0 Å². The molecule has 0 amide bonds. The van der Waals surface area contributed by atoms with Gasteiger partial charge < -0.3 is 4.40 Å². The number of hydrogen-bond acceptors (Lipinski definition) is 1. The molecule has 3 nitrogen and oxygen atoms in total. The summed E-state index contributed by atoms with van der Waals surface area (Å²) in [6.07, 6.45) is 4.16. The zero-order valence-electron chi connectivity index (χ0n) is 14.1. The Morgan fingerprint density at radius 2 is 1.72 bits per heavy atom. The van der Waals surface area contributed by atoms with Crippen molar-refractivity contribution in [3.05, 3.63) is 66.6 Å². The third-order valence-electron chi connectivity index (χ3n) is 5.52. The van der Waals surface area contributed by atoms with Crippen molar-refractivity contribution in [3.63, 3.8) is 0 Å². The SMILES string of the molecule is Cc1ncc2cccc3c2c1c1c2c(cc[n+]1C)c1ccccc1n32. The molecule has 0 aliphatic carbocycles. The van der Waals surface area contributed by atoms with Gasteiger partial charge in [0.2, 0.25) is 5.52 Å². The van der Waals surface area contributed by atoms with Crippen molar-refractivity contribution in [2.75, 3.05) is 0 Å². The second-order valence-corrected chi connectivity index (χ2v) is 6.85. The van der Waals surface area contributed by atoms with Gasteiger partial charge in [-0.3, -0.25) is 4.98 Å². The van der Waals surface area contributed by atoms with E-state index in [2.05, 4.69) is 82.7 Å². The molecule has 0 unspecified atom stereocenters. The minimum atomic E-state index is 1.08. The Morgan fingerprint density at radius 3 is 2.64 bits per heavy atom. The molecule has 3 heteroatoms. The Bertz CT molecular complexity index is 1460. The highest BCUT2D eigenvalue weighted by molar-refractivity contribution is 6.25. The van der Waals surface area contributed by atoms with E-state index in [0.717, 1.165) is 5.69 Å². The number of para-hydroxylation sites is 1. The van der Waals surface area contributed by atoms with Crippen LogP contribution in [0.5, 0.6) is 0 Å². The lowest BCUT2D eigenvalue weighted by Crippen LogP contribution is -2.29. The normalized spacial score (nSPS) is 12.4. The topological polar surface area (TPSA) is 21.2 Å². The quantitative estimate of drug-likeness (QED) is 0.229. The summed E-state index contributed by atoms with van der Waals surface area (Å²) in [5, 5.41) is 6.35. The van der Waals surface area contributed by atoms with Gasteiger partial charge in [-0.25, -0.2) is 0 Å². The summed E-state index contributed by atoms with van der Waals surface area (Å²) in [5.74, 6) is 0. The molecule has 25 heavy (non-hydrogen) atoms. The molecule has 6 aromatic rings. The summed E-state index contributed by atoms with van der Waals surface area (Å²) in [4.78, 5) is 4.69. The van der Waals surface area contributed by atoms with Crippen LogP contribution in [0.3, 0.4) is 0 Å². The first-order chi connectivity index (χ1) is 12.3. The summed E-state index contributed by atoms with van der Waals surface area (Å²) in [5.41, 5.74) is 6.13. The number of fused-ring (bicyclic) bond motifs is 5. The average molecular weight is 322 g/mol. The van der Waals surface area contributed by atoms with Crippen LogP contribution in [0, 0.1) is 6.92 Å². The van der Waals surface area contributed by atoms with E-state index in [1.165, 1.54) is 49.0 Å². The Balaban J connectivity index is 2.18. The summed E-state index contributed by atoms with van der Waals surface area (Å²) >= 11 is 0. The van der Waals surface area contributed by atoms with Crippen molar-refractivity contribution in [2.45, 2.75) is 6.92 Å². The van der Waals surface area contributed by atoms with Gasteiger partial charge in [-0.05, 0) is 19.1 Å². The fraction of sp³-hybridized carbons (Fsp3) is 0.0909. The molecule has 0 bridgehead atoms. The Labute approximate surface area is 144 Å². The molecule has 0 atom stereocenters. The average Bonchev–Trinajstić information content (AvgIpc) is 2.97. The van der Waals surface area contributed by atoms with Gasteiger partial charge in [0.1, 0.15) is 12.6 Å². The highest BCUT2D eigenvalue weighted by Crippen LogP contribution is 2.39. The van der Waals surface area contributed by atoms with Crippen LogP contribution in [0.2, 0.25) is 0 Å². The van der Waals surface area contributed by atoms with Gasteiger partial charge in [-0.2, -0.15) is 4.57 Å². The van der Waals surface area contributed by atoms with Crippen molar-refractivity contribution in [3.8, 4) is 0 Å². The molecule has 118 valence electrons. The summed E-state index contributed by atoms with van der Waals surface area (Å²) in [7, 11) is 2.13. The molecular formula is C22H16N3+. The fourth-order valence-electron chi connectivity index (χ4n) is 4.47. The van der Waals surface area contributed by atoms with Crippen LogP contribution in [0.15, 0.2) is 60.9 Å². The summed E-state index contributed by atoms with van der Waals surface area (Å²) < 4.78 is 4.66. The van der Waals surface area contributed by atoms with Crippen LogP contribution in [0.25, 0.3) is 49.0 Å². The van der Waals surface area contributed by atoms with Crippen LogP contribution < -0.4 is 4.57 Å². The lowest BCUT2D eigenvalue weighted by atomic mass is 10.0. The van der Waals surface area contributed by atoms with E-state index in [-0.39, 0.29) is 0 Å². The van der Waals surface area contributed by atoms with Crippen LogP contribution in [0.4, 0.5) is 0 Å². The Kier molecular flexibility index (Phi) is 2.23. The van der Waals surface area contributed by atoms with Gasteiger partial charge in [0.25, 0.3) is 0 Å². The first kappa shape index (κ1) is 13.1. The molecule has 2 aromatic carbocycles. The van der Waals surface area contributed by atoms with E-state index in [0.29, 0.717) is 0 Å². The van der Waals surface area contributed by atoms with E-state index in [1.807, 2.05) is 6.20 Å². The fourth-order valence-corrected chi connectivity index (χ4v) is 4.47. The van der Waals surface area contributed by atoms with Crippen molar-refractivity contribution >= 4 is 49.0 Å². The first-order valence-electron chi connectivity index (χ1n) is 8.56. The second-order valence-electron chi connectivity index (χ2n) is 6.85. The van der Waals surface area contributed by atoms with E-state index in [1.54, 1.807) is 0 Å². The molecule has 4 heterocycles. The number of benzene rings is 2. The molecule has 0 N–H and O–H groups in total. The van der Waals surface area contributed by atoms with Gasteiger partial charge in [-0.1, -0.05) is 30.3 Å². The van der Waals surface area contributed by atoms with Gasteiger partial charge in [0.05, 0.1) is 22.1 Å². The maximum atomic E-state index is 4.69. The molecule has 0 saturated heterocycles. The zero-order chi connectivity index (χ0) is 16.7. The molecular weight excluding hydrogens is 306 g/mol. The van der Waals surface area contributed by atoms with Gasteiger partial charge in [-0.15, -0.1) is 0 Å². The highest BCUT2D eigenvalue weighted by Gasteiger charge is 2.23. The van der Waals surface area contributed by atoms with Crippen molar-refractivity contribution in [1.82, 2.24) is 9.38 Å². The highest BCUT2D eigenvalue weighted by atomic mass is 15.0. The smallest absolute Gasteiger partial charge is 0.239 e. The molecule has 0 fully saturated rings. The maximum Gasteiger partial charge on any atom is 0.239 e. The molecule has 0 saturated carbocycles. The van der Waals surface area contributed by atoms with Crippen LogP contribution in [-0.2, 0) is 7.05 Å². The third kappa shape index (κ3) is 1.43. The summed E-state index contributed by atoms with van der Waals surface area (Å²) in [6.45, 7) is 2.11. The minimum Gasteiger partial charge on any atom is -0.303 e. The molecule has 0 aliphatic heterocycles. The number of hydrogen-bond donors (Lipinski definition) is 0. The molecule has 0 spiro atoms. The lowest BCUT2D eigenvalue weighted by molar-refractivity contribution is -0.644. The second kappa shape index (κ2) is 4.25. The zero-order valence-corrected chi connectivity index (χ0v) is 14.1. The lowest BCUT2D eigenvalue weighted by Gasteiger charge is -2.12. The number of rotatable bonds is 0. The number of pyridine rings is 3. The van der Waals surface area contributed by atoms with Crippen molar-refractivity contribution < 1.29 is 4.57 Å². The standard InChI is InChI=1S/C22H16N3/c1-13-19-20-14(12-23-13)6-5-9-18(20)25-17-8-4-3-7-15(17)16-10-11-24(2)22(19)21(16)25/h3-12H,1-2H3/q+1. The molecule has 0 aliphatic rings. The third-order valence-corrected chi connectivity index (χ3v) is 5.52. The van der Waals surface area contributed by atoms with Gasteiger partial charge in [0, 0.05) is 33.8 Å². The number of aryl methyl sites for hydroxylation is 2. The van der Waals surface area contributed by atoms with Gasteiger partial charge >= 0.3 is 0 Å². The largest absolute Gasteiger partial charge is 0.303 e. The van der Waals surface area contributed by atoms with Crippen LogP contribution in [-0.4, -0.2) is 9.38 Å². The maximum absolute atomic E-state index is 4.69. The predicted molar refractivity (Wildman–Crippen MR) is 102 cm³/mol. The van der Waals surface area contributed by atoms with Crippen molar-refractivity contribution in [1.29, 1.82) is 0 Å². The monoisotopic (exact) mass is 322 g/mol. The predicted octanol–water partition coefficient (Wildman–Crippen LogP) is 4.52. The number of aromatic nitrogens is 3. The van der Waals surface area contributed by atoms with E-state index >= 15 is 0 Å². The minimum absolute atomic E-state index is 1.08. The molecule has 6 rings (SSSR count). The van der Waals surface area contributed by atoms with Crippen LogP contribution in [0.1, 0.15) is 5.69 Å². The van der Waals surface area contributed by atoms with Crippen molar-refractivity contribution in [2.24, 2.45) is 7.05 Å². The molecule has 4 aromatic heterocycles. The first-order valence-corrected chi connectivity index (χ1v) is 8.56. The number of nitrogens with zero attached hydrogens (tertiary/aromatic N) is 3. The van der Waals surface area contributed by atoms with E-state index < -0.39 is 0 Å². The van der Waals surface area contributed by atoms with Gasteiger partial charge in [0.15, 0.2) is 6.20 Å². The van der Waals surface area contributed by atoms with E-state index in [4.69, 9.17) is 0 Å². The summed E-state index contributed by atoms with van der Waals surface area (Å²) in [6, 6.07) is 17.4.